The smallest absolute Gasteiger partial charge is 0.232 e. The Morgan fingerprint density at radius 2 is 1.48 bits per heavy atom. The molecule has 0 radical (unpaired) electrons. The molecule has 2 aromatic carbocycles. The van der Waals surface area contributed by atoms with Gasteiger partial charge in [0, 0.05) is 12.1 Å². The number of hydrogen-bond donors (Lipinski definition) is 1. The predicted octanol–water partition coefficient (Wildman–Crippen LogP) is 3.15. The summed E-state index contributed by atoms with van der Waals surface area (Å²) in [7, 11) is 6.08. The number of β-lactam (4-membered cyclic amide) rings is 1. The van der Waals surface area contributed by atoms with E-state index in [2.05, 4.69) is 0 Å². The second-order valence-corrected chi connectivity index (χ2v) is 6.26. The molecule has 1 aliphatic rings. The van der Waals surface area contributed by atoms with Gasteiger partial charge < -0.3 is 29.0 Å². The molecule has 7 heteroatoms. The quantitative estimate of drug-likeness (QED) is 0.784. The molecule has 0 saturated carbocycles. The molecule has 1 fully saturated rings. The van der Waals surface area contributed by atoms with Gasteiger partial charge in [-0.3, -0.25) is 4.79 Å². The first-order chi connectivity index (χ1) is 13.0. The molecule has 1 N–H and O–H groups in total. The van der Waals surface area contributed by atoms with Crippen LogP contribution in [-0.4, -0.2) is 39.5 Å². The van der Waals surface area contributed by atoms with Crippen molar-refractivity contribution >= 4 is 11.6 Å². The molecular formula is C20H23NO6. The molecule has 27 heavy (non-hydrogen) atoms. The van der Waals surface area contributed by atoms with Crippen LogP contribution in [0.1, 0.15) is 18.5 Å². The lowest BCUT2D eigenvalue weighted by Gasteiger charge is -2.46. The van der Waals surface area contributed by atoms with Crippen LogP contribution in [0.2, 0.25) is 0 Å². The molecule has 0 aromatic heterocycles. The summed E-state index contributed by atoms with van der Waals surface area (Å²) < 4.78 is 21.2. The Morgan fingerprint density at radius 1 is 0.889 bits per heavy atom. The van der Waals surface area contributed by atoms with Crippen molar-refractivity contribution in [2.45, 2.75) is 13.0 Å². The second kappa shape index (κ2) is 7.26. The Labute approximate surface area is 158 Å². The third-order valence-electron chi connectivity index (χ3n) is 4.85. The fourth-order valence-electron chi connectivity index (χ4n) is 3.46. The number of carbonyl (C=O) groups is 1. The molecule has 3 rings (SSSR count). The van der Waals surface area contributed by atoms with Crippen LogP contribution in [0.15, 0.2) is 30.3 Å². The minimum Gasteiger partial charge on any atom is -0.504 e. The largest absolute Gasteiger partial charge is 0.504 e. The summed E-state index contributed by atoms with van der Waals surface area (Å²) in [6.07, 6.45) is 0. The number of nitrogens with zero attached hydrogens (tertiary/aromatic N) is 1. The van der Waals surface area contributed by atoms with Gasteiger partial charge in [-0.1, -0.05) is 13.0 Å². The van der Waals surface area contributed by atoms with Gasteiger partial charge in [0.2, 0.25) is 11.7 Å². The van der Waals surface area contributed by atoms with Crippen molar-refractivity contribution in [3.8, 4) is 28.7 Å². The number of amides is 1. The van der Waals surface area contributed by atoms with E-state index in [0.29, 0.717) is 28.7 Å². The van der Waals surface area contributed by atoms with E-state index >= 15 is 0 Å². The monoisotopic (exact) mass is 373 g/mol. The molecule has 0 unspecified atom stereocenters. The summed E-state index contributed by atoms with van der Waals surface area (Å²) in [4.78, 5) is 14.3. The van der Waals surface area contributed by atoms with E-state index in [-0.39, 0.29) is 23.6 Å². The van der Waals surface area contributed by atoms with Crippen molar-refractivity contribution in [3.05, 3.63) is 35.9 Å². The van der Waals surface area contributed by atoms with Gasteiger partial charge in [-0.05, 0) is 17.7 Å². The fraction of sp³-hybridized carbons (Fsp3) is 0.350. The van der Waals surface area contributed by atoms with Gasteiger partial charge in [0.25, 0.3) is 0 Å². The summed E-state index contributed by atoms with van der Waals surface area (Å²) in [6, 6.07) is 8.41. The van der Waals surface area contributed by atoms with E-state index in [0.717, 1.165) is 5.56 Å². The van der Waals surface area contributed by atoms with Crippen LogP contribution in [0.25, 0.3) is 0 Å². The molecule has 0 spiro atoms. The number of methoxy groups -OCH3 is 4. The number of hydrogen-bond acceptors (Lipinski definition) is 6. The van der Waals surface area contributed by atoms with Gasteiger partial charge in [-0.25, -0.2) is 0 Å². The average molecular weight is 373 g/mol. The average Bonchev–Trinajstić information content (AvgIpc) is 2.69. The highest BCUT2D eigenvalue weighted by atomic mass is 16.5. The van der Waals surface area contributed by atoms with E-state index in [1.54, 1.807) is 29.2 Å². The first kappa shape index (κ1) is 18.7. The Balaban J connectivity index is 2.05. The van der Waals surface area contributed by atoms with E-state index in [1.807, 2.05) is 13.0 Å². The van der Waals surface area contributed by atoms with Gasteiger partial charge >= 0.3 is 0 Å². The molecule has 0 aliphatic carbocycles. The third kappa shape index (κ3) is 2.99. The van der Waals surface area contributed by atoms with Gasteiger partial charge in [0.1, 0.15) is 0 Å². The number of phenolic OH excluding ortho intramolecular Hbond substituents is 1. The van der Waals surface area contributed by atoms with E-state index in [4.69, 9.17) is 18.9 Å². The molecule has 7 nitrogen and oxygen atoms in total. The van der Waals surface area contributed by atoms with Gasteiger partial charge in [-0.15, -0.1) is 0 Å². The molecule has 144 valence electrons. The third-order valence-corrected chi connectivity index (χ3v) is 4.85. The zero-order valence-electron chi connectivity index (χ0n) is 16.0. The standard InChI is InChI=1S/C20H23NO6/c1-11-18(12-6-7-15(24-2)14(22)8-12)21(20(11)23)13-9-16(25-3)19(27-5)17(10-13)26-4/h6-11,18,22H,1-5H3/t11-,18+/m1/s1. The number of benzene rings is 2. The molecule has 0 bridgehead atoms. The Morgan fingerprint density at radius 3 is 1.96 bits per heavy atom. The number of carbonyl (C=O) groups excluding carboxylic acids is 1. The van der Waals surface area contributed by atoms with Crippen molar-refractivity contribution in [1.29, 1.82) is 0 Å². The summed E-state index contributed by atoms with van der Waals surface area (Å²) in [6.45, 7) is 1.86. The summed E-state index contributed by atoms with van der Waals surface area (Å²) in [5.74, 6) is 1.57. The van der Waals surface area contributed by atoms with Crippen LogP contribution in [0.4, 0.5) is 5.69 Å². The van der Waals surface area contributed by atoms with Crippen LogP contribution in [0.3, 0.4) is 0 Å². The zero-order valence-corrected chi connectivity index (χ0v) is 16.0. The van der Waals surface area contributed by atoms with Gasteiger partial charge in [0.05, 0.1) is 46.1 Å². The van der Waals surface area contributed by atoms with Crippen LogP contribution in [0, 0.1) is 5.92 Å². The second-order valence-electron chi connectivity index (χ2n) is 6.26. The maximum atomic E-state index is 12.6. The minimum absolute atomic E-state index is 0.0235. The van der Waals surface area contributed by atoms with Gasteiger partial charge in [-0.2, -0.15) is 0 Å². The topological polar surface area (TPSA) is 77.5 Å². The highest BCUT2D eigenvalue weighted by Gasteiger charge is 2.46. The van der Waals surface area contributed by atoms with Crippen LogP contribution < -0.4 is 23.8 Å². The number of phenols is 1. The van der Waals surface area contributed by atoms with E-state index in [9.17, 15) is 9.90 Å². The van der Waals surface area contributed by atoms with Crippen molar-refractivity contribution in [2.24, 2.45) is 5.92 Å². The lowest BCUT2D eigenvalue weighted by atomic mass is 9.83. The molecule has 1 heterocycles. The fourth-order valence-corrected chi connectivity index (χ4v) is 3.46. The highest BCUT2D eigenvalue weighted by Crippen LogP contribution is 2.49. The predicted molar refractivity (Wildman–Crippen MR) is 100 cm³/mol. The van der Waals surface area contributed by atoms with E-state index < -0.39 is 0 Å². The summed E-state index contributed by atoms with van der Waals surface area (Å²) >= 11 is 0. The zero-order chi connectivity index (χ0) is 19.7. The van der Waals surface area contributed by atoms with Crippen molar-refractivity contribution in [1.82, 2.24) is 0 Å². The first-order valence-electron chi connectivity index (χ1n) is 8.46. The molecule has 1 aliphatic heterocycles. The van der Waals surface area contributed by atoms with Crippen molar-refractivity contribution < 1.29 is 28.8 Å². The Hall–Kier alpha value is -3.09. The maximum absolute atomic E-state index is 12.6. The lowest BCUT2D eigenvalue weighted by Crippen LogP contribution is -2.54. The lowest BCUT2D eigenvalue weighted by molar-refractivity contribution is -0.129. The number of ether oxygens (including phenoxy) is 4. The minimum atomic E-state index is -0.225. The maximum Gasteiger partial charge on any atom is 0.232 e. The molecule has 2 atom stereocenters. The Kier molecular flexibility index (Phi) is 5.03. The summed E-state index contributed by atoms with van der Waals surface area (Å²) in [5, 5.41) is 10.1. The van der Waals surface area contributed by atoms with Crippen LogP contribution in [0.5, 0.6) is 28.7 Å². The Bertz CT molecular complexity index is 841. The number of anilines is 1. The van der Waals surface area contributed by atoms with Gasteiger partial charge in [0.15, 0.2) is 23.0 Å². The van der Waals surface area contributed by atoms with E-state index in [1.165, 1.54) is 28.4 Å². The molecule has 2 aromatic rings. The van der Waals surface area contributed by atoms with Crippen LogP contribution in [-0.2, 0) is 4.79 Å². The normalized spacial score (nSPS) is 18.7. The number of rotatable bonds is 6. The SMILES string of the molecule is COc1ccc([C@@H]2[C@@H](C)C(=O)N2c2cc(OC)c(OC)c(OC)c2)cc1O. The van der Waals surface area contributed by atoms with Crippen LogP contribution >= 0.6 is 0 Å². The van der Waals surface area contributed by atoms with Crippen molar-refractivity contribution in [3.63, 3.8) is 0 Å². The molecule has 1 amide bonds. The van der Waals surface area contributed by atoms with Crippen molar-refractivity contribution in [2.75, 3.05) is 33.3 Å². The molecular weight excluding hydrogens is 350 g/mol. The molecule has 1 saturated heterocycles. The number of aromatic hydroxyl groups is 1. The first-order valence-corrected chi connectivity index (χ1v) is 8.46. The highest BCUT2D eigenvalue weighted by molar-refractivity contribution is 6.03. The summed E-state index contributed by atoms with van der Waals surface area (Å²) in [5.41, 5.74) is 1.45.